The molecule has 1 unspecified atom stereocenters. The maximum atomic E-state index is 11.8. The Balaban J connectivity index is 2.28. The molecule has 4 nitrogen and oxygen atoms in total. The monoisotopic (exact) mass is 273 g/mol. The van der Waals surface area contributed by atoms with E-state index in [0.717, 1.165) is 24.3 Å². The Hall–Kier alpha value is -0.710. The maximum absolute atomic E-state index is 11.8. The van der Waals surface area contributed by atoms with Crippen LogP contribution in [0.2, 0.25) is 0 Å². The second kappa shape index (κ2) is 7.67. The fourth-order valence-corrected chi connectivity index (χ4v) is 3.32. The predicted octanol–water partition coefficient (Wildman–Crippen LogP) is 1.99. The maximum Gasteiger partial charge on any atom is 0.308 e. The average Bonchev–Trinajstić information content (AvgIpc) is 2.29. The third kappa shape index (κ3) is 5.29. The van der Waals surface area contributed by atoms with Crippen LogP contribution in [0.4, 0.5) is 0 Å². The van der Waals surface area contributed by atoms with Crippen LogP contribution >= 0.6 is 11.8 Å². The predicted molar refractivity (Wildman–Crippen MR) is 73.6 cm³/mol. The molecule has 1 amide bonds. The molecule has 18 heavy (non-hydrogen) atoms. The quantitative estimate of drug-likeness (QED) is 0.776. The molecular weight excluding hydrogens is 250 g/mol. The highest BCUT2D eigenvalue weighted by molar-refractivity contribution is 7.99. The van der Waals surface area contributed by atoms with Crippen molar-refractivity contribution in [2.45, 2.75) is 33.1 Å². The smallest absolute Gasteiger partial charge is 0.308 e. The van der Waals surface area contributed by atoms with E-state index in [1.807, 2.05) is 25.6 Å². The molecule has 0 aromatic carbocycles. The van der Waals surface area contributed by atoms with Crippen molar-refractivity contribution in [1.82, 2.24) is 5.32 Å². The van der Waals surface area contributed by atoms with Gasteiger partial charge in [0.15, 0.2) is 0 Å². The van der Waals surface area contributed by atoms with Crippen LogP contribution in [0, 0.1) is 17.8 Å². The molecule has 0 spiro atoms. The summed E-state index contributed by atoms with van der Waals surface area (Å²) in [6.07, 6.45) is 2.75. The summed E-state index contributed by atoms with van der Waals surface area (Å²) in [6, 6.07) is 0. The van der Waals surface area contributed by atoms with Gasteiger partial charge in [-0.05, 0) is 36.2 Å². The van der Waals surface area contributed by atoms with E-state index in [2.05, 4.69) is 5.32 Å². The van der Waals surface area contributed by atoms with Crippen LogP contribution in [0.5, 0.6) is 0 Å². The first-order valence-electron chi connectivity index (χ1n) is 6.58. The summed E-state index contributed by atoms with van der Waals surface area (Å²) >= 11 is 1.94. The Labute approximate surface area is 113 Å². The molecule has 1 atom stereocenters. The molecule has 0 aliphatic carbocycles. The van der Waals surface area contributed by atoms with E-state index in [-0.39, 0.29) is 18.4 Å². The lowest BCUT2D eigenvalue weighted by molar-refractivity contribution is -0.143. The number of carboxylic acid groups (broad SMARTS) is 1. The largest absolute Gasteiger partial charge is 0.481 e. The summed E-state index contributed by atoms with van der Waals surface area (Å²) in [6.45, 7) is 3.97. The first kappa shape index (κ1) is 15.3. The average molecular weight is 273 g/mol. The van der Waals surface area contributed by atoms with Gasteiger partial charge >= 0.3 is 5.97 Å². The van der Waals surface area contributed by atoms with Crippen LogP contribution < -0.4 is 5.32 Å². The summed E-state index contributed by atoms with van der Waals surface area (Å²) in [5.41, 5.74) is 0. The molecule has 2 N–H and O–H groups in total. The fraction of sp³-hybridized carbons (Fsp3) is 0.846. The molecule has 104 valence electrons. The number of amides is 1. The zero-order chi connectivity index (χ0) is 13.5. The highest BCUT2D eigenvalue weighted by atomic mass is 32.2. The van der Waals surface area contributed by atoms with Gasteiger partial charge in [0, 0.05) is 13.0 Å². The lowest BCUT2D eigenvalue weighted by Crippen LogP contribution is -2.36. The summed E-state index contributed by atoms with van der Waals surface area (Å²) in [5.74, 6) is 1.47. The van der Waals surface area contributed by atoms with E-state index in [9.17, 15) is 9.59 Å². The Morgan fingerprint density at radius 3 is 2.44 bits per heavy atom. The summed E-state index contributed by atoms with van der Waals surface area (Å²) in [7, 11) is 0. The molecule has 0 aromatic rings. The molecule has 0 saturated carbocycles. The third-order valence-corrected chi connectivity index (χ3v) is 4.50. The van der Waals surface area contributed by atoms with Crippen molar-refractivity contribution < 1.29 is 14.7 Å². The van der Waals surface area contributed by atoms with Crippen LogP contribution in [0.25, 0.3) is 0 Å². The second-order valence-corrected chi connectivity index (χ2v) is 6.48. The van der Waals surface area contributed by atoms with Crippen molar-refractivity contribution in [1.29, 1.82) is 0 Å². The van der Waals surface area contributed by atoms with Gasteiger partial charge in [0.05, 0.1) is 5.92 Å². The molecule has 1 heterocycles. The normalized spacial score (nSPS) is 18.6. The van der Waals surface area contributed by atoms with Crippen molar-refractivity contribution in [2.24, 2.45) is 17.8 Å². The number of hydrogen-bond donors (Lipinski definition) is 2. The molecular formula is C13H23NO3S. The summed E-state index contributed by atoms with van der Waals surface area (Å²) in [5, 5.41) is 11.8. The number of thioether (sulfide) groups is 1. The van der Waals surface area contributed by atoms with E-state index in [1.54, 1.807) is 0 Å². The lowest BCUT2D eigenvalue weighted by atomic mass is 9.95. The van der Waals surface area contributed by atoms with Crippen LogP contribution in [-0.2, 0) is 9.59 Å². The first-order valence-corrected chi connectivity index (χ1v) is 7.73. The molecule has 1 aliphatic rings. The van der Waals surface area contributed by atoms with Crippen molar-refractivity contribution in [3.8, 4) is 0 Å². The van der Waals surface area contributed by atoms with E-state index in [4.69, 9.17) is 5.11 Å². The van der Waals surface area contributed by atoms with Gasteiger partial charge in [-0.2, -0.15) is 11.8 Å². The zero-order valence-electron chi connectivity index (χ0n) is 11.1. The topological polar surface area (TPSA) is 66.4 Å². The van der Waals surface area contributed by atoms with Gasteiger partial charge in [-0.1, -0.05) is 13.8 Å². The molecule has 1 saturated heterocycles. The molecule has 0 bridgehead atoms. The number of carboxylic acids is 1. The number of carbonyl (C=O) groups excluding carboxylic acids is 1. The Bertz CT molecular complexity index is 288. The minimum absolute atomic E-state index is 0.00111. The Morgan fingerprint density at radius 1 is 1.33 bits per heavy atom. The van der Waals surface area contributed by atoms with Gasteiger partial charge in [0.25, 0.3) is 0 Å². The molecule has 1 aliphatic heterocycles. The van der Waals surface area contributed by atoms with Crippen molar-refractivity contribution in [3.63, 3.8) is 0 Å². The van der Waals surface area contributed by atoms with E-state index in [0.29, 0.717) is 12.3 Å². The lowest BCUT2D eigenvalue weighted by Gasteiger charge is -2.21. The summed E-state index contributed by atoms with van der Waals surface area (Å²) < 4.78 is 0. The highest BCUT2D eigenvalue weighted by Crippen LogP contribution is 2.25. The number of aliphatic carboxylic acids is 1. The van der Waals surface area contributed by atoms with E-state index in [1.165, 1.54) is 0 Å². The van der Waals surface area contributed by atoms with Crippen LogP contribution in [0.1, 0.15) is 33.1 Å². The molecule has 0 aromatic heterocycles. The fourth-order valence-electron chi connectivity index (χ4n) is 2.12. The Morgan fingerprint density at radius 2 is 1.94 bits per heavy atom. The molecule has 1 fully saturated rings. The standard InChI is InChI=1S/C13H23NO3S/c1-9(2)11(13(16)17)8-14-12(15)7-10-3-5-18-6-4-10/h9-11H,3-8H2,1-2H3,(H,14,15)(H,16,17). The molecule has 5 heteroatoms. The third-order valence-electron chi connectivity index (χ3n) is 3.46. The van der Waals surface area contributed by atoms with Gasteiger partial charge < -0.3 is 10.4 Å². The van der Waals surface area contributed by atoms with Gasteiger partial charge in [0.1, 0.15) is 0 Å². The minimum Gasteiger partial charge on any atom is -0.481 e. The van der Waals surface area contributed by atoms with Gasteiger partial charge in [-0.25, -0.2) is 0 Å². The van der Waals surface area contributed by atoms with Crippen molar-refractivity contribution >= 4 is 23.6 Å². The highest BCUT2D eigenvalue weighted by Gasteiger charge is 2.23. The summed E-state index contributed by atoms with van der Waals surface area (Å²) in [4.78, 5) is 22.7. The van der Waals surface area contributed by atoms with Gasteiger partial charge in [0.2, 0.25) is 5.91 Å². The SMILES string of the molecule is CC(C)C(CNC(=O)CC1CCSCC1)C(=O)O. The van der Waals surface area contributed by atoms with Crippen LogP contribution in [0.3, 0.4) is 0 Å². The van der Waals surface area contributed by atoms with E-state index < -0.39 is 11.9 Å². The number of rotatable bonds is 6. The van der Waals surface area contributed by atoms with Crippen LogP contribution in [0.15, 0.2) is 0 Å². The van der Waals surface area contributed by atoms with Gasteiger partial charge in [-0.15, -0.1) is 0 Å². The second-order valence-electron chi connectivity index (χ2n) is 5.25. The zero-order valence-corrected chi connectivity index (χ0v) is 12.0. The number of hydrogen-bond acceptors (Lipinski definition) is 3. The Kier molecular flexibility index (Phi) is 6.54. The number of nitrogens with one attached hydrogen (secondary N) is 1. The number of carbonyl (C=O) groups is 2. The minimum atomic E-state index is -0.834. The van der Waals surface area contributed by atoms with Crippen molar-refractivity contribution in [2.75, 3.05) is 18.1 Å². The van der Waals surface area contributed by atoms with Crippen LogP contribution in [-0.4, -0.2) is 35.0 Å². The van der Waals surface area contributed by atoms with Crippen molar-refractivity contribution in [3.05, 3.63) is 0 Å². The molecule has 0 radical (unpaired) electrons. The van der Waals surface area contributed by atoms with Gasteiger partial charge in [-0.3, -0.25) is 9.59 Å². The molecule has 1 rings (SSSR count). The van der Waals surface area contributed by atoms with E-state index >= 15 is 0 Å². The first-order chi connectivity index (χ1) is 8.50.